The summed E-state index contributed by atoms with van der Waals surface area (Å²) >= 11 is 0. The van der Waals surface area contributed by atoms with E-state index in [2.05, 4.69) is 9.97 Å². The molecular weight excluding hydrogens is 334 g/mol. The van der Waals surface area contributed by atoms with Crippen LogP contribution in [0.15, 0.2) is 78.8 Å². The van der Waals surface area contributed by atoms with Crippen molar-refractivity contribution < 1.29 is 8.78 Å². The standard InChI is InChI=1S/C20H16F2N4/c21-16-7-4-8-17(18(16)22)26-10-9-24-20(26)15-11-14(12-25-19(15)23)13-5-2-1-3-6-13/h1-7,9-12,17H,8H2,(H2,23,25). The molecule has 4 nitrogen and oxygen atoms in total. The molecule has 26 heavy (non-hydrogen) atoms. The number of hydrogen-bond acceptors (Lipinski definition) is 3. The van der Waals surface area contributed by atoms with E-state index in [1.165, 1.54) is 0 Å². The van der Waals surface area contributed by atoms with Gasteiger partial charge in [0, 0.05) is 24.2 Å². The highest BCUT2D eigenvalue weighted by molar-refractivity contribution is 5.76. The van der Waals surface area contributed by atoms with E-state index in [1.807, 2.05) is 36.4 Å². The summed E-state index contributed by atoms with van der Waals surface area (Å²) in [6, 6.07) is 10.8. The van der Waals surface area contributed by atoms with Gasteiger partial charge < -0.3 is 10.3 Å². The van der Waals surface area contributed by atoms with E-state index in [9.17, 15) is 8.78 Å². The lowest BCUT2D eigenvalue weighted by Gasteiger charge is -2.21. The maximum absolute atomic E-state index is 14.3. The van der Waals surface area contributed by atoms with E-state index in [1.54, 1.807) is 29.2 Å². The lowest BCUT2D eigenvalue weighted by atomic mass is 10.0. The minimum absolute atomic E-state index is 0.286. The molecular formula is C20H16F2N4. The van der Waals surface area contributed by atoms with Gasteiger partial charge in [-0.1, -0.05) is 36.4 Å². The van der Waals surface area contributed by atoms with E-state index in [-0.39, 0.29) is 5.82 Å². The van der Waals surface area contributed by atoms with Crippen molar-refractivity contribution in [3.8, 4) is 22.5 Å². The van der Waals surface area contributed by atoms with Crippen LogP contribution >= 0.6 is 0 Å². The summed E-state index contributed by atoms with van der Waals surface area (Å²) in [5.41, 5.74) is 8.50. The van der Waals surface area contributed by atoms with Gasteiger partial charge in [0.2, 0.25) is 0 Å². The van der Waals surface area contributed by atoms with E-state index in [0.717, 1.165) is 17.2 Å². The van der Waals surface area contributed by atoms with Crippen LogP contribution in [0.25, 0.3) is 22.5 Å². The van der Waals surface area contributed by atoms with Gasteiger partial charge in [-0.2, -0.15) is 0 Å². The fourth-order valence-electron chi connectivity index (χ4n) is 3.09. The molecule has 1 atom stereocenters. The summed E-state index contributed by atoms with van der Waals surface area (Å²) in [6.45, 7) is 0. The SMILES string of the molecule is Nc1ncc(-c2ccccc2)cc1-c1nccn1C1CC=CC(F)=C1F. The van der Waals surface area contributed by atoms with Crippen LogP contribution in [0.2, 0.25) is 0 Å². The lowest BCUT2D eigenvalue weighted by molar-refractivity contribution is 0.418. The van der Waals surface area contributed by atoms with Crippen LogP contribution < -0.4 is 5.73 Å². The van der Waals surface area contributed by atoms with Gasteiger partial charge in [0.25, 0.3) is 0 Å². The number of nitrogen functional groups attached to an aromatic ring is 1. The number of nitrogens with two attached hydrogens (primary N) is 1. The van der Waals surface area contributed by atoms with Gasteiger partial charge in [-0.15, -0.1) is 0 Å². The molecule has 130 valence electrons. The highest BCUT2D eigenvalue weighted by Crippen LogP contribution is 2.36. The summed E-state index contributed by atoms with van der Waals surface area (Å²) < 4.78 is 29.6. The molecule has 1 aliphatic carbocycles. The first-order chi connectivity index (χ1) is 12.6. The molecule has 6 heteroatoms. The first kappa shape index (κ1) is 16.2. The fraction of sp³-hybridized carbons (Fsp3) is 0.100. The molecule has 3 aromatic rings. The number of hydrogen-bond donors (Lipinski definition) is 1. The molecule has 4 rings (SSSR count). The van der Waals surface area contributed by atoms with Gasteiger partial charge in [-0.3, -0.25) is 0 Å². The first-order valence-corrected chi connectivity index (χ1v) is 8.21. The summed E-state index contributed by atoms with van der Waals surface area (Å²) in [5, 5.41) is 0. The zero-order chi connectivity index (χ0) is 18.1. The number of nitrogens with zero attached hydrogens (tertiary/aromatic N) is 3. The maximum atomic E-state index is 14.3. The van der Waals surface area contributed by atoms with Gasteiger partial charge in [0.05, 0.1) is 11.6 Å². The molecule has 1 aliphatic rings. The van der Waals surface area contributed by atoms with Crippen molar-refractivity contribution in [3.05, 3.63) is 78.8 Å². The average molecular weight is 350 g/mol. The number of benzene rings is 1. The van der Waals surface area contributed by atoms with E-state index < -0.39 is 17.7 Å². The Morgan fingerprint density at radius 3 is 2.69 bits per heavy atom. The zero-order valence-corrected chi connectivity index (χ0v) is 13.8. The third-order valence-electron chi connectivity index (χ3n) is 4.42. The van der Waals surface area contributed by atoms with Gasteiger partial charge in [-0.25, -0.2) is 18.7 Å². The Morgan fingerprint density at radius 2 is 1.88 bits per heavy atom. The normalized spacial score (nSPS) is 16.9. The predicted molar refractivity (Wildman–Crippen MR) is 97.3 cm³/mol. The van der Waals surface area contributed by atoms with Crippen LogP contribution in [-0.4, -0.2) is 14.5 Å². The van der Waals surface area contributed by atoms with Crippen LogP contribution in [0.3, 0.4) is 0 Å². The molecule has 1 aromatic carbocycles. The quantitative estimate of drug-likeness (QED) is 0.735. The van der Waals surface area contributed by atoms with E-state index in [0.29, 0.717) is 17.8 Å². The molecule has 0 amide bonds. The second kappa shape index (κ2) is 6.55. The number of aromatic nitrogens is 3. The Hall–Kier alpha value is -3.28. The second-order valence-electron chi connectivity index (χ2n) is 6.03. The average Bonchev–Trinajstić information content (AvgIpc) is 3.14. The van der Waals surface area contributed by atoms with Gasteiger partial charge in [0.15, 0.2) is 11.7 Å². The van der Waals surface area contributed by atoms with Crippen molar-refractivity contribution in [2.45, 2.75) is 12.5 Å². The Bertz CT molecular complexity index is 1010. The molecule has 0 radical (unpaired) electrons. The molecule has 0 fully saturated rings. The Labute approximate surface area is 149 Å². The minimum atomic E-state index is -0.856. The third kappa shape index (κ3) is 2.79. The summed E-state index contributed by atoms with van der Waals surface area (Å²) in [4.78, 5) is 8.59. The predicted octanol–water partition coefficient (Wildman–Crippen LogP) is 4.85. The van der Waals surface area contributed by atoms with Crippen LogP contribution in [0.1, 0.15) is 12.5 Å². The number of allylic oxidation sites excluding steroid dienone is 4. The molecule has 0 spiro atoms. The fourth-order valence-corrected chi connectivity index (χ4v) is 3.09. The van der Waals surface area contributed by atoms with Crippen molar-refractivity contribution >= 4 is 5.82 Å². The van der Waals surface area contributed by atoms with Crippen molar-refractivity contribution in [1.82, 2.24) is 14.5 Å². The number of halogens is 2. The summed E-state index contributed by atoms with van der Waals surface area (Å²) in [6.07, 6.45) is 7.95. The Balaban J connectivity index is 1.81. The van der Waals surface area contributed by atoms with E-state index >= 15 is 0 Å². The molecule has 2 N–H and O–H groups in total. The third-order valence-corrected chi connectivity index (χ3v) is 4.42. The lowest BCUT2D eigenvalue weighted by Crippen LogP contribution is -2.13. The molecule has 0 saturated carbocycles. The van der Waals surface area contributed by atoms with Crippen molar-refractivity contribution in [1.29, 1.82) is 0 Å². The number of rotatable bonds is 3. The summed E-state index contributed by atoms with van der Waals surface area (Å²) in [5.74, 6) is -0.924. The molecule has 0 bridgehead atoms. The zero-order valence-electron chi connectivity index (χ0n) is 13.8. The van der Waals surface area contributed by atoms with E-state index in [4.69, 9.17) is 5.73 Å². The van der Waals surface area contributed by atoms with Crippen molar-refractivity contribution in [2.24, 2.45) is 0 Å². The largest absolute Gasteiger partial charge is 0.383 e. The van der Waals surface area contributed by atoms with Crippen LogP contribution in [0, 0.1) is 0 Å². The number of pyridine rings is 1. The Kier molecular flexibility index (Phi) is 4.08. The monoisotopic (exact) mass is 350 g/mol. The number of anilines is 1. The molecule has 1 unspecified atom stereocenters. The smallest absolute Gasteiger partial charge is 0.159 e. The van der Waals surface area contributed by atoms with Crippen LogP contribution in [-0.2, 0) is 0 Å². The van der Waals surface area contributed by atoms with Gasteiger partial charge >= 0.3 is 0 Å². The van der Waals surface area contributed by atoms with Gasteiger partial charge in [-0.05, 0) is 24.1 Å². The minimum Gasteiger partial charge on any atom is -0.383 e. The Morgan fingerprint density at radius 1 is 1.08 bits per heavy atom. The molecule has 2 heterocycles. The van der Waals surface area contributed by atoms with Crippen molar-refractivity contribution in [2.75, 3.05) is 5.73 Å². The van der Waals surface area contributed by atoms with Crippen LogP contribution in [0.4, 0.5) is 14.6 Å². The highest BCUT2D eigenvalue weighted by Gasteiger charge is 2.25. The number of imidazole rings is 1. The topological polar surface area (TPSA) is 56.7 Å². The molecule has 0 saturated heterocycles. The summed E-state index contributed by atoms with van der Waals surface area (Å²) in [7, 11) is 0. The second-order valence-corrected chi connectivity index (χ2v) is 6.03. The molecule has 0 aliphatic heterocycles. The van der Waals surface area contributed by atoms with Gasteiger partial charge in [0.1, 0.15) is 11.6 Å². The maximum Gasteiger partial charge on any atom is 0.159 e. The van der Waals surface area contributed by atoms with Crippen LogP contribution in [0.5, 0.6) is 0 Å². The molecule has 2 aromatic heterocycles. The highest BCUT2D eigenvalue weighted by atomic mass is 19.2. The van der Waals surface area contributed by atoms with Crippen molar-refractivity contribution in [3.63, 3.8) is 0 Å². The first-order valence-electron chi connectivity index (χ1n) is 8.21.